The van der Waals surface area contributed by atoms with E-state index in [0.717, 1.165) is 27.2 Å². The average Bonchev–Trinajstić information content (AvgIpc) is 3.01. The van der Waals surface area contributed by atoms with Crippen LogP contribution in [0.3, 0.4) is 0 Å². The predicted octanol–water partition coefficient (Wildman–Crippen LogP) is 3.54. The van der Waals surface area contributed by atoms with Gasteiger partial charge in [-0.05, 0) is 18.1 Å². The van der Waals surface area contributed by atoms with E-state index >= 15 is 0 Å². The van der Waals surface area contributed by atoms with Crippen molar-refractivity contribution in [3.63, 3.8) is 0 Å². The topological polar surface area (TPSA) is 57.6 Å². The van der Waals surface area contributed by atoms with Crippen molar-refractivity contribution in [1.82, 2.24) is 4.98 Å². The fourth-order valence-corrected chi connectivity index (χ4v) is 3.61. The Morgan fingerprint density at radius 3 is 2.29 bits per heavy atom. The Balaban J connectivity index is 2.30. The number of aromatic nitrogens is 1. The van der Waals surface area contributed by atoms with Gasteiger partial charge in [0.2, 0.25) is 5.88 Å². The molecule has 0 saturated heterocycles. The number of nitrogens with zero attached hydrogens (tertiary/aromatic N) is 1. The molecule has 5 nitrogen and oxygen atoms in total. The van der Waals surface area contributed by atoms with Gasteiger partial charge in [0, 0.05) is 17.2 Å². The highest BCUT2D eigenvalue weighted by Crippen LogP contribution is 2.48. The molecule has 0 saturated carbocycles. The van der Waals surface area contributed by atoms with Crippen molar-refractivity contribution in [2.45, 2.75) is 12.8 Å². The summed E-state index contributed by atoms with van der Waals surface area (Å²) >= 11 is 0. The number of pyridine rings is 1. The van der Waals surface area contributed by atoms with Gasteiger partial charge >= 0.3 is 0 Å². The lowest BCUT2D eigenvalue weighted by Gasteiger charge is -2.18. The van der Waals surface area contributed by atoms with Gasteiger partial charge < -0.3 is 14.2 Å². The molecule has 1 aliphatic rings. The van der Waals surface area contributed by atoms with Crippen LogP contribution in [0.5, 0.6) is 17.4 Å². The number of benzene rings is 2. The van der Waals surface area contributed by atoms with Crippen LogP contribution in [0.15, 0.2) is 24.3 Å². The van der Waals surface area contributed by atoms with Crippen LogP contribution in [-0.4, -0.2) is 32.1 Å². The van der Waals surface area contributed by atoms with Gasteiger partial charge in [0.15, 0.2) is 17.3 Å². The summed E-state index contributed by atoms with van der Waals surface area (Å²) in [7, 11) is 4.75. The Labute approximate surface area is 139 Å². The normalized spacial score (nSPS) is 13.4. The molecule has 5 heteroatoms. The first-order valence-corrected chi connectivity index (χ1v) is 7.77. The van der Waals surface area contributed by atoms with Gasteiger partial charge in [-0.2, -0.15) is 0 Å². The van der Waals surface area contributed by atoms with Gasteiger partial charge in [-0.15, -0.1) is 0 Å². The largest absolute Gasteiger partial charge is 0.492 e. The minimum absolute atomic E-state index is 0.0657. The zero-order valence-corrected chi connectivity index (χ0v) is 13.8. The first-order chi connectivity index (χ1) is 11.7. The number of rotatable bonds is 3. The molecule has 3 aromatic rings. The van der Waals surface area contributed by atoms with E-state index in [0.29, 0.717) is 35.8 Å². The summed E-state index contributed by atoms with van der Waals surface area (Å²) in [6, 6.07) is 7.88. The number of hydrogen-bond acceptors (Lipinski definition) is 5. The molecule has 0 radical (unpaired) electrons. The van der Waals surface area contributed by atoms with Gasteiger partial charge in [-0.1, -0.05) is 18.2 Å². The number of ketones is 1. The molecule has 0 spiro atoms. The van der Waals surface area contributed by atoms with Crippen molar-refractivity contribution in [2.75, 3.05) is 21.3 Å². The second-order valence-electron chi connectivity index (χ2n) is 5.73. The van der Waals surface area contributed by atoms with E-state index in [1.807, 2.05) is 24.3 Å². The molecule has 0 N–H and O–H groups in total. The molecule has 4 rings (SSSR count). The summed E-state index contributed by atoms with van der Waals surface area (Å²) in [4.78, 5) is 17.1. The van der Waals surface area contributed by atoms with Gasteiger partial charge in [0.05, 0.1) is 37.8 Å². The molecule has 1 aliphatic carbocycles. The Morgan fingerprint density at radius 1 is 0.917 bits per heavy atom. The molecule has 1 aromatic heterocycles. The molecule has 122 valence electrons. The van der Waals surface area contributed by atoms with Crippen LogP contribution >= 0.6 is 0 Å². The van der Waals surface area contributed by atoms with Crippen molar-refractivity contribution in [3.8, 4) is 17.4 Å². The first kappa shape index (κ1) is 14.8. The average molecular weight is 323 g/mol. The van der Waals surface area contributed by atoms with Crippen LogP contribution in [0.25, 0.3) is 21.7 Å². The monoisotopic (exact) mass is 323 g/mol. The number of methoxy groups -OCH3 is 3. The number of hydrogen-bond donors (Lipinski definition) is 0. The molecule has 0 aliphatic heterocycles. The van der Waals surface area contributed by atoms with E-state index in [4.69, 9.17) is 19.2 Å². The van der Waals surface area contributed by atoms with E-state index in [2.05, 4.69) is 0 Å². The van der Waals surface area contributed by atoms with Crippen LogP contribution in [-0.2, 0) is 6.42 Å². The molecule has 2 aromatic carbocycles. The van der Waals surface area contributed by atoms with Gasteiger partial charge in [-0.25, -0.2) is 4.98 Å². The second-order valence-corrected chi connectivity index (χ2v) is 5.73. The summed E-state index contributed by atoms with van der Waals surface area (Å²) in [5, 5.41) is 2.73. The van der Waals surface area contributed by atoms with Crippen molar-refractivity contribution in [3.05, 3.63) is 35.4 Å². The lowest BCUT2D eigenvalue weighted by atomic mass is 9.98. The lowest BCUT2D eigenvalue weighted by Crippen LogP contribution is -2.03. The summed E-state index contributed by atoms with van der Waals surface area (Å²) in [5.41, 5.74) is 2.26. The zero-order valence-electron chi connectivity index (χ0n) is 13.8. The highest BCUT2D eigenvalue weighted by Gasteiger charge is 2.32. The fraction of sp³-hybridized carbons (Fsp3) is 0.263. The quantitative estimate of drug-likeness (QED) is 0.690. The fourth-order valence-electron chi connectivity index (χ4n) is 3.61. The van der Waals surface area contributed by atoms with Crippen molar-refractivity contribution < 1.29 is 19.0 Å². The van der Waals surface area contributed by atoms with Crippen LogP contribution in [0.4, 0.5) is 0 Å². The van der Waals surface area contributed by atoms with Crippen molar-refractivity contribution in [1.29, 1.82) is 0 Å². The Hall–Kier alpha value is -2.82. The maximum Gasteiger partial charge on any atom is 0.221 e. The smallest absolute Gasteiger partial charge is 0.221 e. The molecule has 0 unspecified atom stereocenters. The third-order valence-electron chi connectivity index (χ3n) is 4.61. The summed E-state index contributed by atoms with van der Waals surface area (Å²) in [5.74, 6) is 1.66. The van der Waals surface area contributed by atoms with E-state index in [9.17, 15) is 4.79 Å². The van der Waals surface area contributed by atoms with Crippen LogP contribution < -0.4 is 14.2 Å². The number of aryl methyl sites for hydroxylation is 1. The SMILES string of the molecule is COc1c2c(c3nc(OC)c4ccccc4c3c1OC)CCC2=O. The zero-order chi connectivity index (χ0) is 16.8. The standard InChI is InChI=1S/C19H17NO4/c1-22-17-14-12(8-9-13(14)21)16-15(18(17)23-2)10-6-4-5-7-11(10)19(20-16)24-3/h4-7H,8-9H2,1-3H3. The molecule has 0 atom stereocenters. The summed E-state index contributed by atoms with van der Waals surface area (Å²) in [6.07, 6.45) is 1.12. The third-order valence-corrected chi connectivity index (χ3v) is 4.61. The molecule has 24 heavy (non-hydrogen) atoms. The van der Waals surface area contributed by atoms with Crippen LogP contribution in [0, 0.1) is 0 Å². The third kappa shape index (κ3) is 1.81. The number of ether oxygens (including phenoxy) is 3. The minimum atomic E-state index is 0.0657. The number of fused-ring (bicyclic) bond motifs is 5. The van der Waals surface area contributed by atoms with E-state index in [1.165, 1.54) is 0 Å². The van der Waals surface area contributed by atoms with Crippen molar-refractivity contribution >= 4 is 27.5 Å². The first-order valence-electron chi connectivity index (χ1n) is 7.77. The maximum absolute atomic E-state index is 12.4. The van der Waals surface area contributed by atoms with E-state index in [1.54, 1.807) is 21.3 Å². The van der Waals surface area contributed by atoms with Crippen LogP contribution in [0.2, 0.25) is 0 Å². The molecule has 1 heterocycles. The molecule has 0 bridgehead atoms. The number of Topliss-reactive ketones (excluding diaryl/α,β-unsaturated/α-hetero) is 1. The molecule has 0 amide bonds. The number of carbonyl (C=O) groups excluding carboxylic acids is 1. The molecule has 0 fully saturated rings. The van der Waals surface area contributed by atoms with Crippen LogP contribution in [0.1, 0.15) is 22.3 Å². The van der Waals surface area contributed by atoms with Gasteiger partial charge in [-0.3, -0.25) is 4.79 Å². The second kappa shape index (κ2) is 5.37. The highest BCUT2D eigenvalue weighted by molar-refractivity contribution is 6.17. The van der Waals surface area contributed by atoms with E-state index in [-0.39, 0.29) is 5.78 Å². The molecular formula is C19H17NO4. The summed E-state index contributed by atoms with van der Waals surface area (Å²) in [6.45, 7) is 0. The Morgan fingerprint density at radius 2 is 1.62 bits per heavy atom. The summed E-state index contributed by atoms with van der Waals surface area (Å²) < 4.78 is 16.7. The predicted molar refractivity (Wildman–Crippen MR) is 91.6 cm³/mol. The van der Waals surface area contributed by atoms with E-state index < -0.39 is 0 Å². The maximum atomic E-state index is 12.4. The van der Waals surface area contributed by atoms with Gasteiger partial charge in [0.25, 0.3) is 0 Å². The Kier molecular flexibility index (Phi) is 3.30. The van der Waals surface area contributed by atoms with Crippen molar-refractivity contribution in [2.24, 2.45) is 0 Å². The minimum Gasteiger partial charge on any atom is -0.492 e. The molecular weight excluding hydrogens is 306 g/mol. The van der Waals surface area contributed by atoms with Gasteiger partial charge in [0.1, 0.15) is 0 Å². The lowest BCUT2D eigenvalue weighted by molar-refractivity contribution is 0.0991. The number of carbonyl (C=O) groups is 1. The highest BCUT2D eigenvalue weighted by atomic mass is 16.5. The Bertz CT molecular complexity index is 994.